The van der Waals surface area contributed by atoms with Crippen molar-refractivity contribution in [3.05, 3.63) is 46.3 Å². The summed E-state index contributed by atoms with van der Waals surface area (Å²) in [7, 11) is 0. The highest BCUT2D eigenvalue weighted by Gasteiger charge is 2.71. The Labute approximate surface area is 313 Å². The molecule has 9 heteroatoms. The van der Waals surface area contributed by atoms with E-state index in [1.165, 1.54) is 5.57 Å². The second kappa shape index (κ2) is 12.3. The number of aromatic nitrogens is 2. The number of ketones is 1. The Morgan fingerprint density at radius 2 is 1.65 bits per heavy atom. The maximum atomic E-state index is 14.1. The zero-order valence-corrected chi connectivity index (χ0v) is 33.3. The number of rotatable bonds is 7. The lowest BCUT2D eigenvalue weighted by Crippen LogP contribution is -2.66. The van der Waals surface area contributed by atoms with Gasteiger partial charge in [-0.3, -0.25) is 14.4 Å². The maximum Gasteiger partial charge on any atom is 0.309 e. The van der Waals surface area contributed by atoms with Gasteiger partial charge in [0.05, 0.1) is 17.3 Å². The van der Waals surface area contributed by atoms with Gasteiger partial charge in [0.15, 0.2) is 5.78 Å². The number of ether oxygens (including phenoxy) is 1. The van der Waals surface area contributed by atoms with Crippen LogP contribution in [0, 0.1) is 50.7 Å². The monoisotopic (exact) mass is 732 g/mol. The molecule has 0 amide bonds. The number of halogens is 1. The van der Waals surface area contributed by atoms with E-state index in [-0.39, 0.29) is 51.8 Å². The molecule has 1 N–H and O–H groups in total. The Kier molecular flexibility index (Phi) is 8.80. The van der Waals surface area contributed by atoms with E-state index in [1.807, 2.05) is 24.3 Å². The molecule has 8 nitrogen and oxygen atoms in total. The first-order valence-corrected chi connectivity index (χ1v) is 19.9. The predicted octanol–water partition coefficient (Wildman–Crippen LogP) is 10.0. The molecular formula is C43H57ClN2O6. The van der Waals surface area contributed by atoms with Gasteiger partial charge in [-0.2, -0.15) is 4.98 Å². The molecule has 0 radical (unpaired) electrons. The lowest BCUT2D eigenvalue weighted by molar-refractivity contribution is -0.232. The van der Waals surface area contributed by atoms with Gasteiger partial charge in [0.25, 0.3) is 0 Å². The van der Waals surface area contributed by atoms with Gasteiger partial charge in [0.1, 0.15) is 6.10 Å². The van der Waals surface area contributed by atoms with Crippen LogP contribution in [0.3, 0.4) is 0 Å². The van der Waals surface area contributed by atoms with Gasteiger partial charge in [0, 0.05) is 22.4 Å². The van der Waals surface area contributed by atoms with Crippen LogP contribution in [-0.2, 0) is 24.5 Å². The van der Waals surface area contributed by atoms with Crippen LogP contribution >= 0.6 is 11.6 Å². The van der Waals surface area contributed by atoms with E-state index in [4.69, 9.17) is 25.8 Å². The zero-order valence-electron chi connectivity index (χ0n) is 32.5. The van der Waals surface area contributed by atoms with Crippen LogP contribution in [0.15, 0.2) is 39.9 Å². The minimum atomic E-state index is -1.17. The SMILES string of the molecule is CC(C)C1=C2[C@H]3CC[C@@H]4C5(C)CC[C@H](OC(=O)CC(C)(C)C(=O)O)C(C)(C)[C@@H]5CCC4(C)[C@]3(C)CC[C@@]2(c2nc(-c3ccc(Cl)cc3)no2)CC1=O. The normalized spacial score (nSPS) is 36.9. The number of Topliss-reactive ketones (excluding diaryl/α,β-unsaturated/α-hetero) is 1. The summed E-state index contributed by atoms with van der Waals surface area (Å²) in [5.74, 6) is 1.09. The summed E-state index contributed by atoms with van der Waals surface area (Å²) >= 11 is 6.17. The number of carbonyl (C=O) groups is 3. The van der Waals surface area contributed by atoms with E-state index in [1.54, 1.807) is 13.8 Å². The van der Waals surface area contributed by atoms with Crippen molar-refractivity contribution >= 4 is 29.3 Å². The average Bonchev–Trinajstić information content (AvgIpc) is 3.66. The molecule has 0 bridgehead atoms. The third-order valence-corrected chi connectivity index (χ3v) is 16.0. The Bertz CT molecular complexity index is 1830. The summed E-state index contributed by atoms with van der Waals surface area (Å²) in [4.78, 5) is 44.0. The molecule has 282 valence electrons. The Morgan fingerprint density at radius 3 is 2.31 bits per heavy atom. The molecule has 1 aromatic carbocycles. The molecule has 4 saturated carbocycles. The molecule has 52 heavy (non-hydrogen) atoms. The fourth-order valence-corrected chi connectivity index (χ4v) is 13.0. The van der Waals surface area contributed by atoms with Gasteiger partial charge in [-0.25, -0.2) is 0 Å². The number of hydrogen-bond donors (Lipinski definition) is 1. The predicted molar refractivity (Wildman–Crippen MR) is 199 cm³/mol. The standard InChI is InChI=1S/C43H57ClN2O6/c1-24(2)33-28(47)22-43(36-45-35(46-52-36)25-10-12-26(44)13-11-25)21-20-41(8)27(34(33)43)14-15-30-40(7)18-17-31(51-32(48)23-38(3,4)37(49)50)39(5,6)29(40)16-19-42(30,41)9/h10-13,24,27,29-31H,14-23H2,1-9H3,(H,49,50)/t27-,29+,30-,31+,40?,41-,42?,43-/m1/s1. The van der Waals surface area contributed by atoms with E-state index in [0.29, 0.717) is 35.0 Å². The molecule has 5 aliphatic rings. The molecule has 1 aromatic heterocycles. The topological polar surface area (TPSA) is 120 Å². The van der Waals surface area contributed by atoms with Gasteiger partial charge in [-0.05, 0) is 141 Å². The Morgan fingerprint density at radius 1 is 0.962 bits per heavy atom. The highest BCUT2D eigenvalue weighted by atomic mass is 35.5. The van der Waals surface area contributed by atoms with Gasteiger partial charge >= 0.3 is 11.9 Å². The van der Waals surface area contributed by atoms with E-state index in [9.17, 15) is 19.5 Å². The van der Waals surface area contributed by atoms with E-state index in [2.05, 4.69) is 53.6 Å². The summed E-state index contributed by atoms with van der Waals surface area (Å²) in [6, 6.07) is 7.47. The number of allylic oxidation sites excluding steroid dienone is 2. The second-order valence-corrected chi connectivity index (χ2v) is 19.8. The molecule has 0 saturated heterocycles. The molecule has 2 aromatic rings. The molecule has 7 rings (SSSR count). The minimum absolute atomic E-state index is 0.0254. The fraction of sp³-hybridized carbons (Fsp3) is 0.698. The van der Waals surface area contributed by atoms with Crippen molar-refractivity contribution in [2.24, 2.45) is 50.7 Å². The Balaban J connectivity index is 1.20. The first-order valence-electron chi connectivity index (χ1n) is 19.5. The number of esters is 1. The van der Waals surface area contributed by atoms with Gasteiger partial charge < -0.3 is 14.4 Å². The van der Waals surface area contributed by atoms with Gasteiger partial charge in [0.2, 0.25) is 11.7 Å². The van der Waals surface area contributed by atoms with Crippen molar-refractivity contribution in [3.8, 4) is 11.4 Å². The number of hydrogen-bond acceptors (Lipinski definition) is 7. The van der Waals surface area contributed by atoms with Crippen LogP contribution in [0.2, 0.25) is 5.02 Å². The van der Waals surface area contributed by atoms with Crippen molar-refractivity contribution in [2.75, 3.05) is 0 Å². The van der Waals surface area contributed by atoms with E-state index < -0.39 is 22.8 Å². The van der Waals surface area contributed by atoms with E-state index >= 15 is 0 Å². The highest BCUT2D eigenvalue weighted by Crippen LogP contribution is 2.76. The molecule has 5 aliphatic carbocycles. The van der Waals surface area contributed by atoms with Crippen LogP contribution in [0.1, 0.15) is 132 Å². The summed E-state index contributed by atoms with van der Waals surface area (Å²) in [5.41, 5.74) is 1.18. The third kappa shape index (κ3) is 5.30. The number of benzene rings is 1. The number of carboxylic acid groups (broad SMARTS) is 1. The average molecular weight is 733 g/mol. The maximum absolute atomic E-state index is 14.1. The molecule has 2 unspecified atom stereocenters. The number of carbonyl (C=O) groups excluding carboxylic acids is 2. The quantitative estimate of drug-likeness (QED) is 0.279. The first-order chi connectivity index (χ1) is 24.2. The van der Waals surface area contributed by atoms with Crippen molar-refractivity contribution in [2.45, 2.75) is 138 Å². The summed E-state index contributed by atoms with van der Waals surface area (Å²) in [6.07, 6.45) is 7.76. The molecule has 0 aliphatic heterocycles. The minimum Gasteiger partial charge on any atom is -0.481 e. The molecular weight excluding hydrogens is 676 g/mol. The lowest BCUT2D eigenvalue weighted by Gasteiger charge is -2.72. The number of nitrogens with zero attached hydrogens (tertiary/aromatic N) is 2. The van der Waals surface area contributed by atoms with Gasteiger partial charge in [-0.1, -0.05) is 65.2 Å². The zero-order chi connectivity index (χ0) is 37.8. The van der Waals surface area contributed by atoms with Gasteiger partial charge in [-0.15, -0.1) is 0 Å². The van der Waals surface area contributed by atoms with Crippen LogP contribution in [-0.4, -0.2) is 39.1 Å². The second-order valence-electron chi connectivity index (χ2n) is 19.4. The van der Waals surface area contributed by atoms with E-state index in [0.717, 1.165) is 62.5 Å². The van der Waals surface area contributed by atoms with Crippen LogP contribution in [0.4, 0.5) is 0 Å². The Hall–Kier alpha value is -3.00. The van der Waals surface area contributed by atoms with Crippen molar-refractivity contribution in [3.63, 3.8) is 0 Å². The molecule has 4 fully saturated rings. The summed E-state index contributed by atoms with van der Waals surface area (Å²) in [5, 5.41) is 14.7. The number of carboxylic acids is 1. The third-order valence-electron chi connectivity index (χ3n) is 15.7. The highest BCUT2D eigenvalue weighted by molar-refractivity contribution is 6.30. The summed E-state index contributed by atoms with van der Waals surface area (Å²) < 4.78 is 12.3. The number of aliphatic carboxylic acids is 1. The lowest BCUT2D eigenvalue weighted by atomic mass is 9.33. The van der Waals surface area contributed by atoms with Crippen LogP contribution < -0.4 is 0 Å². The largest absolute Gasteiger partial charge is 0.481 e. The van der Waals surface area contributed by atoms with Crippen LogP contribution in [0.5, 0.6) is 0 Å². The van der Waals surface area contributed by atoms with Crippen LogP contribution in [0.25, 0.3) is 11.4 Å². The van der Waals surface area contributed by atoms with Crippen molar-refractivity contribution < 1.29 is 28.8 Å². The fourth-order valence-electron chi connectivity index (χ4n) is 12.8. The number of fused-ring (bicyclic) bond motifs is 7. The van der Waals surface area contributed by atoms with Crippen molar-refractivity contribution in [1.29, 1.82) is 0 Å². The molecule has 0 spiro atoms. The van der Waals surface area contributed by atoms with Crippen molar-refractivity contribution in [1.82, 2.24) is 10.1 Å². The molecule has 1 heterocycles. The first kappa shape index (κ1) is 37.3. The molecule has 8 atom stereocenters. The smallest absolute Gasteiger partial charge is 0.309 e. The summed E-state index contributed by atoms with van der Waals surface area (Å²) in [6.45, 7) is 19.6.